The van der Waals surface area contributed by atoms with Crippen molar-refractivity contribution in [1.82, 2.24) is 24.8 Å². The number of para-hydroxylation sites is 1. The molecule has 2 heterocycles. The SMILES string of the molecule is CCCCN1CCN(C(=O)c2ccc(NC(=O)N(c3ccccc3)c3ncncn3)cc2)CC1. The number of nitrogens with zero attached hydrogens (tertiary/aromatic N) is 6. The van der Waals surface area contributed by atoms with E-state index in [-0.39, 0.29) is 11.9 Å². The summed E-state index contributed by atoms with van der Waals surface area (Å²) in [6.07, 6.45) is 5.06. The lowest BCUT2D eigenvalue weighted by Gasteiger charge is -2.34. The number of unbranched alkanes of at least 4 members (excludes halogenated alkanes) is 1. The number of hydrogen-bond acceptors (Lipinski definition) is 6. The minimum absolute atomic E-state index is 0.0177. The molecule has 1 aliphatic rings. The van der Waals surface area contributed by atoms with Gasteiger partial charge < -0.3 is 10.2 Å². The van der Waals surface area contributed by atoms with Gasteiger partial charge in [0.25, 0.3) is 5.91 Å². The van der Waals surface area contributed by atoms with E-state index < -0.39 is 6.03 Å². The third-order valence-corrected chi connectivity index (χ3v) is 5.77. The number of aromatic nitrogens is 3. The molecule has 3 aromatic rings. The molecule has 0 radical (unpaired) electrons. The maximum absolute atomic E-state index is 13.1. The molecule has 9 heteroatoms. The minimum atomic E-state index is -0.417. The molecule has 0 bridgehead atoms. The highest BCUT2D eigenvalue weighted by molar-refractivity contribution is 6.06. The number of piperazine rings is 1. The van der Waals surface area contributed by atoms with E-state index in [0.29, 0.717) is 16.9 Å². The van der Waals surface area contributed by atoms with Crippen LogP contribution >= 0.6 is 0 Å². The molecule has 9 nitrogen and oxygen atoms in total. The lowest BCUT2D eigenvalue weighted by molar-refractivity contribution is 0.0635. The lowest BCUT2D eigenvalue weighted by Crippen LogP contribution is -2.48. The summed E-state index contributed by atoms with van der Waals surface area (Å²) in [5.41, 5.74) is 1.80. The number of hydrogen-bond donors (Lipinski definition) is 1. The van der Waals surface area contributed by atoms with Crippen LogP contribution in [0.15, 0.2) is 67.3 Å². The fraction of sp³-hybridized carbons (Fsp3) is 0.320. The summed E-state index contributed by atoms with van der Waals surface area (Å²) in [6, 6.07) is 15.7. The van der Waals surface area contributed by atoms with Gasteiger partial charge in [-0.15, -0.1) is 0 Å². The van der Waals surface area contributed by atoms with E-state index >= 15 is 0 Å². The highest BCUT2D eigenvalue weighted by Crippen LogP contribution is 2.23. The first-order chi connectivity index (χ1) is 16.7. The van der Waals surface area contributed by atoms with Crippen LogP contribution in [0, 0.1) is 0 Å². The molecule has 34 heavy (non-hydrogen) atoms. The first kappa shape index (κ1) is 23.3. The van der Waals surface area contributed by atoms with Crippen LogP contribution in [0.1, 0.15) is 30.1 Å². The van der Waals surface area contributed by atoms with Gasteiger partial charge in [-0.1, -0.05) is 31.5 Å². The Balaban J connectivity index is 1.41. The van der Waals surface area contributed by atoms with Crippen molar-refractivity contribution in [3.05, 3.63) is 72.8 Å². The second-order valence-corrected chi connectivity index (χ2v) is 8.10. The average molecular weight is 460 g/mol. The third kappa shape index (κ3) is 5.74. The van der Waals surface area contributed by atoms with Crippen LogP contribution in [0.25, 0.3) is 0 Å². The van der Waals surface area contributed by atoms with E-state index in [2.05, 4.69) is 32.1 Å². The van der Waals surface area contributed by atoms with Crippen molar-refractivity contribution in [3.8, 4) is 0 Å². The van der Waals surface area contributed by atoms with Gasteiger partial charge in [0, 0.05) is 37.4 Å². The largest absolute Gasteiger partial charge is 0.336 e. The smallest absolute Gasteiger partial charge is 0.333 e. The lowest BCUT2D eigenvalue weighted by atomic mass is 10.1. The zero-order valence-corrected chi connectivity index (χ0v) is 19.3. The number of amides is 3. The van der Waals surface area contributed by atoms with Crippen LogP contribution in [0.4, 0.5) is 22.1 Å². The van der Waals surface area contributed by atoms with Gasteiger partial charge in [0.1, 0.15) is 12.7 Å². The second-order valence-electron chi connectivity index (χ2n) is 8.10. The molecule has 1 aliphatic heterocycles. The second kappa shape index (κ2) is 11.3. The number of benzene rings is 2. The van der Waals surface area contributed by atoms with Crippen molar-refractivity contribution < 1.29 is 9.59 Å². The molecule has 1 saturated heterocycles. The molecule has 1 fully saturated rings. The monoisotopic (exact) mass is 459 g/mol. The predicted molar refractivity (Wildman–Crippen MR) is 131 cm³/mol. The molecule has 0 spiro atoms. The maximum atomic E-state index is 13.1. The maximum Gasteiger partial charge on any atom is 0.333 e. The van der Waals surface area contributed by atoms with E-state index in [9.17, 15) is 9.59 Å². The predicted octanol–water partition coefficient (Wildman–Crippen LogP) is 3.80. The van der Waals surface area contributed by atoms with Crippen LogP contribution < -0.4 is 10.2 Å². The van der Waals surface area contributed by atoms with Crippen LogP contribution in [0.5, 0.6) is 0 Å². The Labute approximate surface area is 199 Å². The number of rotatable bonds is 7. The van der Waals surface area contributed by atoms with Gasteiger partial charge in [-0.25, -0.2) is 24.6 Å². The summed E-state index contributed by atoms with van der Waals surface area (Å²) in [7, 11) is 0. The van der Waals surface area contributed by atoms with E-state index in [0.717, 1.165) is 32.7 Å². The van der Waals surface area contributed by atoms with Crippen LogP contribution in [0.3, 0.4) is 0 Å². The number of carbonyl (C=O) groups is 2. The van der Waals surface area contributed by atoms with Gasteiger partial charge in [0.15, 0.2) is 0 Å². The molecule has 176 valence electrons. The van der Waals surface area contributed by atoms with Crippen molar-refractivity contribution in [1.29, 1.82) is 0 Å². The zero-order valence-electron chi connectivity index (χ0n) is 19.3. The number of anilines is 3. The normalized spacial score (nSPS) is 14.0. The molecule has 0 aliphatic carbocycles. The first-order valence-electron chi connectivity index (χ1n) is 11.6. The molecular formula is C25H29N7O2. The highest BCUT2D eigenvalue weighted by Gasteiger charge is 2.23. The quantitative estimate of drug-likeness (QED) is 0.578. The van der Waals surface area contributed by atoms with Crippen LogP contribution in [0.2, 0.25) is 0 Å². The Kier molecular flexibility index (Phi) is 7.77. The Hall–Kier alpha value is -3.85. The molecule has 0 saturated carbocycles. The van der Waals surface area contributed by atoms with Crippen LogP contribution in [-0.4, -0.2) is 69.4 Å². The summed E-state index contributed by atoms with van der Waals surface area (Å²) < 4.78 is 0. The minimum Gasteiger partial charge on any atom is -0.336 e. The Bertz CT molecular complexity index is 1030. The van der Waals surface area contributed by atoms with E-state index in [4.69, 9.17) is 0 Å². The van der Waals surface area contributed by atoms with Gasteiger partial charge in [-0.3, -0.25) is 9.69 Å². The van der Waals surface area contributed by atoms with Crippen molar-refractivity contribution in [2.75, 3.05) is 42.9 Å². The number of carbonyl (C=O) groups excluding carboxylic acids is 2. The average Bonchev–Trinajstić information content (AvgIpc) is 2.89. The summed E-state index contributed by atoms with van der Waals surface area (Å²) in [6.45, 7) is 6.58. The van der Waals surface area contributed by atoms with Gasteiger partial charge >= 0.3 is 6.03 Å². The molecule has 3 amide bonds. The molecular weight excluding hydrogens is 430 g/mol. The van der Waals surface area contributed by atoms with Crippen LogP contribution in [-0.2, 0) is 0 Å². The fourth-order valence-corrected chi connectivity index (χ4v) is 3.86. The van der Waals surface area contributed by atoms with Crippen molar-refractivity contribution in [2.24, 2.45) is 0 Å². The zero-order chi connectivity index (χ0) is 23.8. The molecule has 2 aromatic carbocycles. The van der Waals surface area contributed by atoms with Gasteiger partial charge in [0.2, 0.25) is 5.95 Å². The summed E-state index contributed by atoms with van der Waals surface area (Å²) in [5, 5.41) is 2.87. The van der Waals surface area contributed by atoms with Crippen molar-refractivity contribution in [3.63, 3.8) is 0 Å². The Morgan fingerprint density at radius 1 is 0.941 bits per heavy atom. The number of nitrogens with one attached hydrogen (secondary N) is 1. The van der Waals surface area contributed by atoms with Crippen molar-refractivity contribution >= 4 is 29.3 Å². The van der Waals surface area contributed by atoms with E-state index in [1.165, 1.54) is 30.4 Å². The molecule has 1 aromatic heterocycles. The fourth-order valence-electron chi connectivity index (χ4n) is 3.86. The van der Waals surface area contributed by atoms with E-state index in [1.807, 2.05) is 23.1 Å². The third-order valence-electron chi connectivity index (χ3n) is 5.77. The van der Waals surface area contributed by atoms with Gasteiger partial charge in [-0.2, -0.15) is 0 Å². The molecule has 0 atom stereocenters. The topological polar surface area (TPSA) is 94.6 Å². The van der Waals surface area contributed by atoms with E-state index in [1.54, 1.807) is 36.4 Å². The van der Waals surface area contributed by atoms with Gasteiger partial charge in [0.05, 0.1) is 5.69 Å². The standard InChI is InChI=1S/C25H29N7O2/c1-2-3-13-30-14-16-31(17-15-30)23(33)20-9-11-21(12-10-20)29-25(34)32(22-7-5-4-6-8-22)24-27-18-26-19-28-24/h4-12,18-19H,2-3,13-17H2,1H3,(H,29,34). The van der Waals surface area contributed by atoms with Crippen molar-refractivity contribution in [2.45, 2.75) is 19.8 Å². The van der Waals surface area contributed by atoms with Gasteiger partial charge in [-0.05, 0) is 49.4 Å². The molecule has 0 unspecified atom stereocenters. The summed E-state index contributed by atoms with van der Waals surface area (Å²) >= 11 is 0. The summed E-state index contributed by atoms with van der Waals surface area (Å²) in [4.78, 5) is 43.8. The Morgan fingerprint density at radius 3 is 2.26 bits per heavy atom. The first-order valence-corrected chi connectivity index (χ1v) is 11.6. The Morgan fingerprint density at radius 2 is 1.62 bits per heavy atom. The molecule has 1 N–H and O–H groups in total. The highest BCUT2D eigenvalue weighted by atomic mass is 16.2. The molecule has 4 rings (SSSR count). The summed E-state index contributed by atoms with van der Waals surface area (Å²) in [5.74, 6) is 0.229. The number of urea groups is 1.